The first-order valence-corrected chi connectivity index (χ1v) is 9.75. The van der Waals surface area contributed by atoms with E-state index in [1.807, 2.05) is 20.1 Å². The Hall–Kier alpha value is -1.28. The Balaban J connectivity index is 2.70. The van der Waals surface area contributed by atoms with Gasteiger partial charge in [-0.2, -0.15) is 11.8 Å². The van der Waals surface area contributed by atoms with Gasteiger partial charge in [0.2, 0.25) is 11.8 Å². The number of hydrogen-bond donors (Lipinski definition) is 3. The minimum absolute atomic E-state index is 0.225. The predicted octanol–water partition coefficient (Wildman–Crippen LogP) is 0.673. The van der Waals surface area contributed by atoms with Gasteiger partial charge in [-0.15, -0.1) is 0 Å². The van der Waals surface area contributed by atoms with Crippen LogP contribution in [0.25, 0.3) is 0 Å². The molecule has 0 bridgehead atoms. The molecule has 7 nitrogen and oxygen atoms in total. The van der Waals surface area contributed by atoms with Crippen molar-refractivity contribution in [3.63, 3.8) is 0 Å². The number of rotatable bonds is 9. The topological polar surface area (TPSA) is 113 Å². The number of thioether (sulfide) groups is 1. The molecule has 8 heteroatoms. The quantitative estimate of drug-likeness (QED) is 0.558. The summed E-state index contributed by atoms with van der Waals surface area (Å²) in [5, 5.41) is 11.8. The molecule has 0 aromatic rings. The van der Waals surface area contributed by atoms with E-state index in [4.69, 9.17) is 5.73 Å². The number of carbonyl (C=O) groups is 3. The molecule has 1 rings (SSSR count). The van der Waals surface area contributed by atoms with Crippen LogP contribution in [0.15, 0.2) is 0 Å². The normalized spacial score (nSPS) is 20.0. The van der Waals surface area contributed by atoms with E-state index < -0.39 is 30.0 Å². The molecule has 138 valence electrons. The van der Waals surface area contributed by atoms with Crippen LogP contribution in [-0.2, 0) is 14.4 Å². The molecule has 1 heterocycles. The monoisotopic (exact) mass is 359 g/mol. The first-order valence-electron chi connectivity index (χ1n) is 8.36. The third-order valence-corrected chi connectivity index (χ3v) is 4.75. The fourth-order valence-corrected chi connectivity index (χ4v) is 3.36. The van der Waals surface area contributed by atoms with Gasteiger partial charge in [0.05, 0.1) is 6.04 Å². The summed E-state index contributed by atoms with van der Waals surface area (Å²) in [4.78, 5) is 37.7. The minimum atomic E-state index is -1.05. The van der Waals surface area contributed by atoms with Crippen LogP contribution in [0.5, 0.6) is 0 Å². The third kappa shape index (κ3) is 5.98. The van der Waals surface area contributed by atoms with Crippen molar-refractivity contribution in [2.24, 2.45) is 11.7 Å². The number of nitrogens with one attached hydrogen (secondary N) is 1. The zero-order valence-corrected chi connectivity index (χ0v) is 15.5. The van der Waals surface area contributed by atoms with Gasteiger partial charge in [0, 0.05) is 6.54 Å². The number of amides is 2. The van der Waals surface area contributed by atoms with Crippen molar-refractivity contribution < 1.29 is 19.5 Å². The summed E-state index contributed by atoms with van der Waals surface area (Å²) in [5.41, 5.74) is 5.96. The number of nitrogens with zero attached hydrogens (tertiary/aromatic N) is 1. The van der Waals surface area contributed by atoms with E-state index in [1.165, 1.54) is 16.7 Å². The van der Waals surface area contributed by atoms with Crippen molar-refractivity contribution >= 4 is 29.5 Å². The maximum absolute atomic E-state index is 12.5. The number of carboxylic acid groups (broad SMARTS) is 1. The highest BCUT2D eigenvalue weighted by Crippen LogP contribution is 2.20. The standard InChI is InChI=1S/C16H29N3O4S/c1-10(2)9-11(17)15(21)19-7-4-5-13(19)14(20)18-12(16(22)23)6-8-24-3/h10-13H,4-9,17H2,1-3H3,(H,18,20)(H,22,23). The van der Waals surface area contributed by atoms with Gasteiger partial charge < -0.3 is 21.1 Å². The summed E-state index contributed by atoms with van der Waals surface area (Å²) >= 11 is 1.53. The summed E-state index contributed by atoms with van der Waals surface area (Å²) in [6.07, 6.45) is 4.07. The van der Waals surface area contributed by atoms with Crippen LogP contribution in [0.3, 0.4) is 0 Å². The zero-order chi connectivity index (χ0) is 18.3. The second-order valence-corrected chi connectivity index (χ2v) is 7.59. The minimum Gasteiger partial charge on any atom is -0.480 e. The summed E-state index contributed by atoms with van der Waals surface area (Å²) in [6.45, 7) is 4.47. The number of aliphatic carboxylic acids is 1. The SMILES string of the molecule is CSCCC(NC(=O)C1CCCN1C(=O)C(N)CC(C)C)C(=O)O. The Labute approximate surface area is 147 Å². The van der Waals surface area contributed by atoms with Crippen LogP contribution in [-0.4, -0.2) is 64.5 Å². The molecule has 1 aliphatic heterocycles. The lowest BCUT2D eigenvalue weighted by molar-refractivity contribution is -0.144. The molecule has 0 aromatic heterocycles. The molecule has 0 aromatic carbocycles. The maximum Gasteiger partial charge on any atom is 0.326 e. The van der Waals surface area contributed by atoms with E-state index in [0.29, 0.717) is 37.5 Å². The van der Waals surface area contributed by atoms with Crippen LogP contribution in [0.1, 0.15) is 39.5 Å². The Morgan fingerprint density at radius 1 is 1.38 bits per heavy atom. The van der Waals surface area contributed by atoms with Gasteiger partial charge >= 0.3 is 5.97 Å². The lowest BCUT2D eigenvalue weighted by Crippen LogP contribution is -2.54. The van der Waals surface area contributed by atoms with E-state index in [2.05, 4.69) is 5.32 Å². The predicted molar refractivity (Wildman–Crippen MR) is 94.7 cm³/mol. The first-order chi connectivity index (χ1) is 11.3. The fraction of sp³-hybridized carbons (Fsp3) is 0.812. The van der Waals surface area contributed by atoms with Crippen molar-refractivity contribution in [2.45, 2.75) is 57.7 Å². The molecule has 0 radical (unpaired) electrons. The van der Waals surface area contributed by atoms with Crippen molar-refractivity contribution in [3.8, 4) is 0 Å². The Bertz CT molecular complexity index is 459. The maximum atomic E-state index is 12.5. The number of carbonyl (C=O) groups excluding carboxylic acids is 2. The number of nitrogens with two attached hydrogens (primary N) is 1. The molecule has 1 aliphatic rings. The molecular weight excluding hydrogens is 330 g/mol. The van der Waals surface area contributed by atoms with Gasteiger partial charge in [0.1, 0.15) is 12.1 Å². The lowest BCUT2D eigenvalue weighted by atomic mass is 10.0. The summed E-state index contributed by atoms with van der Waals surface area (Å²) in [6, 6.07) is -2.16. The van der Waals surface area contributed by atoms with Crippen LogP contribution < -0.4 is 11.1 Å². The van der Waals surface area contributed by atoms with Gasteiger partial charge in [-0.1, -0.05) is 13.8 Å². The lowest BCUT2D eigenvalue weighted by Gasteiger charge is -2.28. The molecule has 1 fully saturated rings. The van der Waals surface area contributed by atoms with Gasteiger partial charge in [-0.25, -0.2) is 4.79 Å². The van der Waals surface area contributed by atoms with Crippen LogP contribution in [0.2, 0.25) is 0 Å². The van der Waals surface area contributed by atoms with Crippen molar-refractivity contribution in [1.82, 2.24) is 10.2 Å². The molecule has 3 unspecified atom stereocenters. The average molecular weight is 359 g/mol. The van der Waals surface area contributed by atoms with Crippen LogP contribution in [0, 0.1) is 5.92 Å². The molecule has 2 amide bonds. The molecule has 0 spiro atoms. The smallest absolute Gasteiger partial charge is 0.326 e. The molecular formula is C16H29N3O4S. The average Bonchev–Trinajstić information content (AvgIpc) is 2.98. The highest BCUT2D eigenvalue weighted by molar-refractivity contribution is 7.98. The van der Waals surface area contributed by atoms with Crippen molar-refractivity contribution in [1.29, 1.82) is 0 Å². The van der Waals surface area contributed by atoms with E-state index in [9.17, 15) is 19.5 Å². The van der Waals surface area contributed by atoms with E-state index >= 15 is 0 Å². The molecule has 0 aliphatic carbocycles. The summed E-state index contributed by atoms with van der Waals surface area (Å²) < 4.78 is 0. The highest BCUT2D eigenvalue weighted by Gasteiger charge is 2.37. The van der Waals surface area contributed by atoms with Crippen LogP contribution in [0.4, 0.5) is 0 Å². The van der Waals surface area contributed by atoms with Crippen molar-refractivity contribution in [3.05, 3.63) is 0 Å². The van der Waals surface area contributed by atoms with Gasteiger partial charge in [0.15, 0.2) is 0 Å². The van der Waals surface area contributed by atoms with Gasteiger partial charge in [0.25, 0.3) is 0 Å². The highest BCUT2D eigenvalue weighted by atomic mass is 32.2. The molecule has 4 N–H and O–H groups in total. The third-order valence-electron chi connectivity index (χ3n) is 4.11. The molecule has 3 atom stereocenters. The summed E-state index contributed by atoms with van der Waals surface area (Å²) in [7, 11) is 0. The Kier molecular flexibility index (Phi) is 8.55. The number of hydrogen-bond acceptors (Lipinski definition) is 5. The van der Waals surface area contributed by atoms with Gasteiger partial charge in [-0.05, 0) is 43.6 Å². The Morgan fingerprint density at radius 2 is 2.04 bits per heavy atom. The van der Waals surface area contributed by atoms with Crippen molar-refractivity contribution in [2.75, 3.05) is 18.6 Å². The largest absolute Gasteiger partial charge is 0.480 e. The van der Waals surface area contributed by atoms with E-state index in [1.54, 1.807) is 0 Å². The zero-order valence-electron chi connectivity index (χ0n) is 14.7. The Morgan fingerprint density at radius 3 is 2.58 bits per heavy atom. The number of likely N-dealkylation sites (tertiary alicyclic amines) is 1. The van der Waals surface area contributed by atoms with Gasteiger partial charge in [-0.3, -0.25) is 9.59 Å². The number of carboxylic acids is 1. The molecule has 24 heavy (non-hydrogen) atoms. The fourth-order valence-electron chi connectivity index (χ4n) is 2.89. The molecule has 1 saturated heterocycles. The second-order valence-electron chi connectivity index (χ2n) is 6.61. The van der Waals surface area contributed by atoms with Crippen LogP contribution >= 0.6 is 11.8 Å². The molecule has 0 saturated carbocycles. The summed E-state index contributed by atoms with van der Waals surface area (Å²) in [5.74, 6) is -0.737. The van der Waals surface area contributed by atoms with E-state index in [-0.39, 0.29) is 5.91 Å². The second kappa shape index (κ2) is 9.88. The first kappa shape index (κ1) is 20.8. The van der Waals surface area contributed by atoms with E-state index in [0.717, 1.165) is 6.42 Å².